The number of hydrogen-bond donors (Lipinski definition) is 2. The Morgan fingerprint density at radius 1 is 1.17 bits per heavy atom. The van der Waals surface area contributed by atoms with Crippen molar-refractivity contribution in [1.82, 2.24) is 15.2 Å². The number of thioether (sulfide) groups is 1. The summed E-state index contributed by atoms with van der Waals surface area (Å²) in [5.41, 5.74) is 4.40. The molecule has 5 nitrogen and oxygen atoms in total. The fourth-order valence-electron chi connectivity index (χ4n) is 3.24. The van der Waals surface area contributed by atoms with Crippen LogP contribution in [0.1, 0.15) is 35.9 Å². The molecule has 0 aliphatic heterocycles. The molecule has 3 aromatic rings. The largest absolute Gasteiger partial charge is 0.325 e. The van der Waals surface area contributed by atoms with Crippen LogP contribution in [-0.2, 0) is 17.6 Å². The number of H-pyrrole nitrogens is 1. The van der Waals surface area contributed by atoms with Gasteiger partial charge in [-0.25, -0.2) is 9.37 Å². The number of benzene rings is 2. The van der Waals surface area contributed by atoms with Crippen LogP contribution in [0.2, 0.25) is 0 Å². The Hall–Kier alpha value is -2.93. The number of anilines is 1. The van der Waals surface area contributed by atoms with Crippen LogP contribution in [0.5, 0.6) is 0 Å². The van der Waals surface area contributed by atoms with Crippen LogP contribution in [0.15, 0.2) is 47.6 Å². The van der Waals surface area contributed by atoms with Gasteiger partial charge in [-0.1, -0.05) is 36.0 Å². The number of fused-ring (bicyclic) bond motifs is 1. The van der Waals surface area contributed by atoms with Gasteiger partial charge in [0.25, 0.3) is 0 Å². The summed E-state index contributed by atoms with van der Waals surface area (Å²) in [4.78, 5) is 16.9. The lowest BCUT2D eigenvalue weighted by Crippen LogP contribution is -2.22. The zero-order valence-electron chi connectivity index (χ0n) is 16.0. The van der Waals surface area contributed by atoms with Crippen molar-refractivity contribution >= 4 is 35.5 Å². The van der Waals surface area contributed by atoms with Crippen molar-refractivity contribution in [1.29, 1.82) is 0 Å². The summed E-state index contributed by atoms with van der Waals surface area (Å²) in [6.45, 7) is 1.83. The van der Waals surface area contributed by atoms with E-state index in [0.29, 0.717) is 11.0 Å². The number of halogens is 1. The number of carbonyl (C=O) groups excluding carboxylic acids is 1. The van der Waals surface area contributed by atoms with Crippen LogP contribution in [0.3, 0.4) is 0 Å². The summed E-state index contributed by atoms with van der Waals surface area (Å²) in [6.07, 6.45) is 6.97. The summed E-state index contributed by atoms with van der Waals surface area (Å²) in [6, 6.07) is 12.3. The lowest BCUT2D eigenvalue weighted by Gasteiger charge is -2.11. The van der Waals surface area contributed by atoms with Crippen LogP contribution in [0.25, 0.3) is 12.2 Å². The van der Waals surface area contributed by atoms with Crippen molar-refractivity contribution in [3.05, 3.63) is 70.8 Å². The van der Waals surface area contributed by atoms with Crippen molar-refractivity contribution in [2.24, 2.45) is 0 Å². The SMILES string of the molecule is C[C@H](Sc1n[nH]c(/C=C\c2ccc(F)cc2)n1)C(=O)Nc1ccc2c(c1)CCC2. The highest BCUT2D eigenvalue weighted by atomic mass is 32.2. The number of amides is 1. The summed E-state index contributed by atoms with van der Waals surface area (Å²) >= 11 is 1.29. The van der Waals surface area contributed by atoms with Gasteiger partial charge >= 0.3 is 0 Å². The molecule has 4 rings (SSSR count). The van der Waals surface area contributed by atoms with E-state index < -0.39 is 0 Å². The zero-order chi connectivity index (χ0) is 20.2. The third-order valence-electron chi connectivity index (χ3n) is 4.80. The maximum Gasteiger partial charge on any atom is 0.237 e. The molecule has 0 fully saturated rings. The highest BCUT2D eigenvalue weighted by molar-refractivity contribution is 8.00. The Morgan fingerprint density at radius 2 is 1.97 bits per heavy atom. The molecule has 2 aromatic carbocycles. The molecule has 0 spiro atoms. The normalized spacial score (nSPS) is 14.1. The van der Waals surface area contributed by atoms with Gasteiger partial charge in [0.15, 0.2) is 0 Å². The molecule has 0 unspecified atom stereocenters. The molecule has 1 aliphatic carbocycles. The van der Waals surface area contributed by atoms with E-state index in [4.69, 9.17) is 0 Å². The fraction of sp³-hybridized carbons (Fsp3) is 0.227. The van der Waals surface area contributed by atoms with Gasteiger partial charge in [0.1, 0.15) is 11.6 Å². The monoisotopic (exact) mass is 408 g/mol. The van der Waals surface area contributed by atoms with Crippen molar-refractivity contribution in [3.8, 4) is 0 Å². The molecule has 1 aromatic heterocycles. The molecule has 1 heterocycles. The van der Waals surface area contributed by atoms with Gasteiger partial charge in [0.2, 0.25) is 11.1 Å². The smallest absolute Gasteiger partial charge is 0.237 e. The summed E-state index contributed by atoms with van der Waals surface area (Å²) in [7, 11) is 0. The first-order chi connectivity index (χ1) is 14.1. The van der Waals surface area contributed by atoms with Crippen LogP contribution in [0.4, 0.5) is 10.1 Å². The van der Waals surface area contributed by atoms with Crippen LogP contribution >= 0.6 is 11.8 Å². The third kappa shape index (κ3) is 4.92. The molecule has 7 heteroatoms. The van der Waals surface area contributed by atoms with E-state index in [-0.39, 0.29) is 17.0 Å². The van der Waals surface area contributed by atoms with Gasteiger partial charge in [-0.3, -0.25) is 9.89 Å². The second-order valence-corrected chi connectivity index (χ2v) is 8.28. The molecule has 0 bridgehead atoms. The van der Waals surface area contributed by atoms with Crippen molar-refractivity contribution < 1.29 is 9.18 Å². The van der Waals surface area contributed by atoms with Gasteiger partial charge in [-0.05, 0) is 73.2 Å². The number of nitrogens with zero attached hydrogens (tertiary/aromatic N) is 2. The molecule has 0 saturated carbocycles. The number of aryl methyl sites for hydroxylation is 2. The minimum absolute atomic E-state index is 0.0823. The number of carbonyl (C=O) groups is 1. The maximum absolute atomic E-state index is 12.9. The molecule has 29 heavy (non-hydrogen) atoms. The molecule has 0 saturated heterocycles. The van der Waals surface area contributed by atoms with E-state index in [0.717, 1.165) is 24.1 Å². The van der Waals surface area contributed by atoms with E-state index in [1.165, 1.54) is 41.4 Å². The maximum atomic E-state index is 12.9. The molecular formula is C22H21FN4OS. The number of nitrogens with one attached hydrogen (secondary N) is 2. The standard InChI is InChI=1S/C22H21FN4OS/c1-14(21(28)24-19-11-8-16-3-2-4-17(16)13-19)29-22-25-20(26-27-22)12-7-15-5-9-18(23)10-6-15/h5-14H,2-4H2,1H3,(H,24,28)(H,25,26,27)/b12-7-/t14-/m0/s1. The second kappa shape index (κ2) is 8.61. The minimum Gasteiger partial charge on any atom is -0.325 e. The fourth-order valence-corrected chi connectivity index (χ4v) is 3.97. The van der Waals surface area contributed by atoms with Crippen LogP contribution in [-0.4, -0.2) is 26.3 Å². The van der Waals surface area contributed by atoms with Gasteiger partial charge < -0.3 is 5.32 Å². The summed E-state index contributed by atoms with van der Waals surface area (Å²) < 4.78 is 12.9. The Kier molecular flexibility index (Phi) is 5.76. The Balaban J connectivity index is 1.34. The van der Waals surface area contributed by atoms with E-state index in [1.807, 2.05) is 19.1 Å². The average molecular weight is 409 g/mol. The van der Waals surface area contributed by atoms with Crippen LogP contribution in [0, 0.1) is 5.82 Å². The van der Waals surface area contributed by atoms with E-state index in [9.17, 15) is 9.18 Å². The first kappa shape index (κ1) is 19.4. The Labute approximate surface area is 172 Å². The Morgan fingerprint density at radius 3 is 2.79 bits per heavy atom. The molecule has 1 aliphatic rings. The highest BCUT2D eigenvalue weighted by Crippen LogP contribution is 2.26. The predicted molar refractivity (Wildman–Crippen MR) is 114 cm³/mol. The number of aromatic nitrogens is 3. The van der Waals surface area contributed by atoms with Gasteiger partial charge in [-0.2, -0.15) is 0 Å². The first-order valence-corrected chi connectivity index (χ1v) is 10.4. The zero-order valence-corrected chi connectivity index (χ0v) is 16.8. The predicted octanol–water partition coefficient (Wildman–Crippen LogP) is 4.72. The first-order valence-electron chi connectivity index (χ1n) is 9.52. The number of aromatic amines is 1. The quantitative estimate of drug-likeness (QED) is 0.579. The van der Waals surface area contributed by atoms with E-state index >= 15 is 0 Å². The topological polar surface area (TPSA) is 70.7 Å². The molecule has 1 amide bonds. The van der Waals surface area contributed by atoms with E-state index in [1.54, 1.807) is 18.2 Å². The van der Waals surface area contributed by atoms with Crippen molar-refractivity contribution in [3.63, 3.8) is 0 Å². The Bertz CT molecular complexity index is 1050. The molecular weight excluding hydrogens is 387 g/mol. The average Bonchev–Trinajstić information content (AvgIpc) is 3.36. The van der Waals surface area contributed by atoms with Crippen molar-refractivity contribution in [2.75, 3.05) is 5.32 Å². The summed E-state index contributed by atoms with van der Waals surface area (Å²) in [5, 5.41) is 10.1. The van der Waals surface area contributed by atoms with E-state index in [2.05, 4.69) is 32.6 Å². The number of hydrogen-bond acceptors (Lipinski definition) is 4. The van der Waals surface area contributed by atoms with Gasteiger partial charge in [0, 0.05) is 5.69 Å². The summed E-state index contributed by atoms with van der Waals surface area (Å²) in [5.74, 6) is 0.219. The van der Waals surface area contributed by atoms with Gasteiger partial charge in [-0.15, -0.1) is 5.10 Å². The third-order valence-corrected chi connectivity index (χ3v) is 5.76. The number of rotatable bonds is 6. The minimum atomic E-state index is -0.340. The van der Waals surface area contributed by atoms with Gasteiger partial charge in [0.05, 0.1) is 5.25 Å². The second-order valence-electron chi connectivity index (χ2n) is 6.97. The highest BCUT2D eigenvalue weighted by Gasteiger charge is 2.18. The lowest BCUT2D eigenvalue weighted by molar-refractivity contribution is -0.115. The molecule has 1 atom stereocenters. The molecule has 148 valence electrons. The lowest BCUT2D eigenvalue weighted by atomic mass is 10.1. The molecule has 0 radical (unpaired) electrons. The van der Waals surface area contributed by atoms with Crippen LogP contribution < -0.4 is 5.32 Å². The molecule has 2 N–H and O–H groups in total. The van der Waals surface area contributed by atoms with Crippen molar-refractivity contribution in [2.45, 2.75) is 36.6 Å².